The van der Waals surface area contributed by atoms with Crippen molar-refractivity contribution in [2.45, 2.75) is 60.3 Å². The zero-order valence-electron chi connectivity index (χ0n) is 21.3. The second kappa shape index (κ2) is 8.43. The zero-order chi connectivity index (χ0) is 24.1. The summed E-state index contributed by atoms with van der Waals surface area (Å²) in [6, 6.07) is 19.9. The van der Waals surface area contributed by atoms with Crippen LogP contribution in [0, 0.1) is 20.8 Å². The van der Waals surface area contributed by atoms with Crippen molar-refractivity contribution in [3.8, 4) is 22.4 Å². The van der Waals surface area contributed by atoms with Crippen LogP contribution in [0.2, 0.25) is 0 Å². The van der Waals surface area contributed by atoms with Gasteiger partial charge in [-0.25, -0.2) is 0 Å². The lowest BCUT2D eigenvalue weighted by molar-refractivity contribution is 0.658. The van der Waals surface area contributed by atoms with Gasteiger partial charge < -0.3 is 4.42 Å². The van der Waals surface area contributed by atoms with Crippen molar-refractivity contribution in [1.29, 1.82) is 0 Å². The lowest BCUT2D eigenvalue weighted by atomic mass is 9.89. The van der Waals surface area contributed by atoms with Gasteiger partial charge in [0.05, 0.1) is 5.69 Å². The minimum absolute atomic E-state index is 0.376. The molecule has 0 saturated heterocycles. The maximum Gasteiger partial charge on any atom is 0.145 e. The minimum Gasteiger partial charge on any atom is -0.455 e. The molecule has 2 heterocycles. The molecule has 2 nitrogen and oxygen atoms in total. The van der Waals surface area contributed by atoms with Crippen LogP contribution in [0.25, 0.3) is 44.3 Å². The predicted octanol–water partition coefficient (Wildman–Crippen LogP) is 9.49. The van der Waals surface area contributed by atoms with Crippen molar-refractivity contribution < 1.29 is 4.42 Å². The molecular weight excluding hydrogens is 414 g/mol. The van der Waals surface area contributed by atoms with E-state index in [0.717, 1.165) is 22.4 Å². The fourth-order valence-corrected chi connectivity index (χ4v) is 5.35. The molecule has 0 aliphatic carbocycles. The molecule has 0 bridgehead atoms. The van der Waals surface area contributed by atoms with Crippen LogP contribution >= 0.6 is 0 Å². The normalized spacial score (nSPS) is 11.9. The largest absolute Gasteiger partial charge is 0.455 e. The van der Waals surface area contributed by atoms with Gasteiger partial charge in [-0.1, -0.05) is 69.7 Å². The van der Waals surface area contributed by atoms with Gasteiger partial charge in [-0.3, -0.25) is 4.98 Å². The van der Waals surface area contributed by atoms with Crippen molar-refractivity contribution >= 4 is 21.9 Å². The van der Waals surface area contributed by atoms with Gasteiger partial charge in [0.15, 0.2) is 0 Å². The van der Waals surface area contributed by atoms with E-state index in [-0.39, 0.29) is 0 Å². The van der Waals surface area contributed by atoms with Crippen LogP contribution in [0.4, 0.5) is 0 Å². The highest BCUT2D eigenvalue weighted by molar-refractivity contribution is 6.17. The molecule has 5 aromatic rings. The van der Waals surface area contributed by atoms with Gasteiger partial charge in [0.2, 0.25) is 0 Å². The van der Waals surface area contributed by atoms with Crippen molar-refractivity contribution in [2.75, 3.05) is 0 Å². The van der Waals surface area contributed by atoms with Gasteiger partial charge in [-0.2, -0.15) is 0 Å². The molecule has 0 unspecified atom stereocenters. The predicted molar refractivity (Wildman–Crippen MR) is 145 cm³/mol. The first kappa shape index (κ1) is 22.4. The molecule has 0 saturated carbocycles. The molecule has 5 rings (SSSR count). The zero-order valence-corrected chi connectivity index (χ0v) is 21.3. The van der Waals surface area contributed by atoms with Crippen LogP contribution in [0.1, 0.15) is 67.3 Å². The second-order valence-electron chi connectivity index (χ2n) is 10.2. The summed E-state index contributed by atoms with van der Waals surface area (Å²) in [5.41, 5.74) is 12.9. The average Bonchev–Trinajstić information content (AvgIpc) is 3.18. The Hall–Kier alpha value is -3.39. The fourth-order valence-electron chi connectivity index (χ4n) is 5.35. The average molecular weight is 448 g/mol. The Morgan fingerprint density at radius 3 is 2.12 bits per heavy atom. The van der Waals surface area contributed by atoms with E-state index in [2.05, 4.69) is 103 Å². The first-order valence-corrected chi connectivity index (χ1v) is 12.3. The van der Waals surface area contributed by atoms with Crippen LogP contribution < -0.4 is 0 Å². The summed E-state index contributed by atoms with van der Waals surface area (Å²) in [4.78, 5) is 4.76. The summed E-state index contributed by atoms with van der Waals surface area (Å²) < 4.78 is 6.76. The number of fused-ring (bicyclic) bond motifs is 3. The van der Waals surface area contributed by atoms with Crippen LogP contribution in [-0.2, 0) is 0 Å². The van der Waals surface area contributed by atoms with E-state index < -0.39 is 0 Å². The molecule has 0 N–H and O–H groups in total. The Bertz CT molecular complexity index is 1510. The number of furan rings is 1. The highest BCUT2D eigenvalue weighted by Crippen LogP contribution is 2.44. The molecular formula is C32H33NO. The van der Waals surface area contributed by atoms with Gasteiger partial charge in [-0.15, -0.1) is 0 Å². The standard InChI is InChI=1S/C32H33NO/c1-18(2)23-13-14-33-28(17-23)25-11-12-26(29-21(6)15-20(5)16-22(29)7)30-27-10-8-9-24(19(3)4)31(27)34-32(25)30/h8-19H,1-7H3. The fraction of sp³-hybridized carbons (Fsp3) is 0.281. The number of rotatable bonds is 4. The lowest BCUT2D eigenvalue weighted by Crippen LogP contribution is -1.93. The monoisotopic (exact) mass is 447 g/mol. The van der Waals surface area contributed by atoms with Crippen LogP contribution in [0.15, 0.2) is 65.2 Å². The van der Waals surface area contributed by atoms with Crippen LogP contribution in [0.5, 0.6) is 0 Å². The van der Waals surface area contributed by atoms with Crippen molar-refractivity contribution in [3.05, 3.63) is 88.6 Å². The number of benzene rings is 3. The Morgan fingerprint density at radius 1 is 0.735 bits per heavy atom. The molecule has 0 spiro atoms. The first-order chi connectivity index (χ1) is 16.3. The first-order valence-electron chi connectivity index (χ1n) is 12.3. The smallest absolute Gasteiger partial charge is 0.145 e. The molecule has 0 fully saturated rings. The third-order valence-electron chi connectivity index (χ3n) is 6.97. The van der Waals surface area contributed by atoms with Gasteiger partial charge in [0.25, 0.3) is 0 Å². The Balaban J connectivity index is 1.92. The maximum absolute atomic E-state index is 6.76. The van der Waals surface area contributed by atoms with E-state index in [1.54, 1.807) is 0 Å². The van der Waals surface area contributed by atoms with Gasteiger partial charge in [0, 0.05) is 22.5 Å². The van der Waals surface area contributed by atoms with Gasteiger partial charge >= 0.3 is 0 Å². The molecule has 172 valence electrons. The van der Waals surface area contributed by atoms with Crippen molar-refractivity contribution in [3.63, 3.8) is 0 Å². The van der Waals surface area contributed by atoms with E-state index in [1.165, 1.54) is 49.7 Å². The summed E-state index contributed by atoms with van der Waals surface area (Å²) >= 11 is 0. The molecule has 0 amide bonds. The highest BCUT2D eigenvalue weighted by atomic mass is 16.3. The van der Waals surface area contributed by atoms with E-state index in [1.807, 2.05) is 6.20 Å². The summed E-state index contributed by atoms with van der Waals surface area (Å²) in [5, 5.41) is 2.36. The summed E-state index contributed by atoms with van der Waals surface area (Å²) in [5.74, 6) is 0.819. The van der Waals surface area contributed by atoms with Crippen molar-refractivity contribution in [2.24, 2.45) is 0 Å². The third kappa shape index (κ3) is 3.62. The molecule has 0 aliphatic rings. The Morgan fingerprint density at radius 2 is 1.44 bits per heavy atom. The number of hydrogen-bond donors (Lipinski definition) is 0. The highest BCUT2D eigenvalue weighted by Gasteiger charge is 2.22. The molecule has 2 aromatic heterocycles. The van der Waals surface area contributed by atoms with Crippen LogP contribution in [0.3, 0.4) is 0 Å². The SMILES string of the molecule is Cc1cc(C)c(-c2ccc(-c3cc(C(C)C)ccn3)c3oc4c(C(C)C)cccc4c23)c(C)c1. The maximum atomic E-state index is 6.76. The number of aryl methyl sites for hydroxylation is 3. The second-order valence-corrected chi connectivity index (χ2v) is 10.2. The third-order valence-corrected chi connectivity index (χ3v) is 6.97. The Labute approximate surface area is 202 Å². The molecule has 0 aliphatic heterocycles. The minimum atomic E-state index is 0.376. The van der Waals surface area contributed by atoms with Crippen LogP contribution in [-0.4, -0.2) is 4.98 Å². The summed E-state index contributed by atoms with van der Waals surface area (Å²) in [6.45, 7) is 15.5. The number of pyridine rings is 1. The number of nitrogens with zero attached hydrogens (tertiary/aromatic N) is 1. The van der Waals surface area contributed by atoms with E-state index in [0.29, 0.717) is 11.8 Å². The van der Waals surface area contributed by atoms with E-state index in [4.69, 9.17) is 9.40 Å². The number of hydrogen-bond acceptors (Lipinski definition) is 2. The molecule has 2 heteroatoms. The quantitative estimate of drug-likeness (QED) is 0.274. The van der Waals surface area contributed by atoms with Gasteiger partial charge in [0.1, 0.15) is 11.2 Å². The molecule has 3 aromatic carbocycles. The van der Waals surface area contributed by atoms with Gasteiger partial charge in [-0.05, 0) is 84.2 Å². The van der Waals surface area contributed by atoms with Crippen molar-refractivity contribution in [1.82, 2.24) is 4.98 Å². The number of para-hydroxylation sites is 1. The van der Waals surface area contributed by atoms with E-state index in [9.17, 15) is 0 Å². The topological polar surface area (TPSA) is 26.0 Å². The summed E-state index contributed by atoms with van der Waals surface area (Å²) in [6.07, 6.45) is 1.92. The Kier molecular flexibility index (Phi) is 5.56. The molecule has 0 radical (unpaired) electrons. The molecule has 34 heavy (non-hydrogen) atoms. The lowest BCUT2D eigenvalue weighted by Gasteiger charge is -2.14. The molecule has 0 atom stereocenters. The van der Waals surface area contributed by atoms with E-state index >= 15 is 0 Å². The summed E-state index contributed by atoms with van der Waals surface area (Å²) in [7, 11) is 0. The number of aromatic nitrogens is 1.